The maximum absolute atomic E-state index is 12.0. The van der Waals surface area contributed by atoms with Gasteiger partial charge in [-0.25, -0.2) is 4.79 Å². The second-order valence-corrected chi connectivity index (χ2v) is 4.39. The monoisotopic (exact) mass is 254 g/mol. The average molecular weight is 255 g/mol. The summed E-state index contributed by atoms with van der Waals surface area (Å²) < 4.78 is 5.41. The molecule has 2 rings (SSSR count). The van der Waals surface area contributed by atoms with Crippen LogP contribution in [0.2, 0.25) is 5.02 Å². The molecule has 1 aromatic carbocycles. The first kappa shape index (κ1) is 12.2. The number of urea groups is 1. The van der Waals surface area contributed by atoms with Crippen molar-refractivity contribution in [2.75, 3.05) is 18.5 Å². The number of anilines is 1. The molecule has 0 bridgehead atoms. The number of ether oxygens (including phenoxy) is 1. The number of hydrogen-bond donors (Lipinski definition) is 1. The van der Waals surface area contributed by atoms with Gasteiger partial charge in [-0.15, -0.1) is 0 Å². The van der Waals surface area contributed by atoms with Gasteiger partial charge < -0.3 is 10.1 Å². The fourth-order valence-corrected chi connectivity index (χ4v) is 1.88. The number of hydrogen-bond acceptors (Lipinski definition) is 2. The van der Waals surface area contributed by atoms with Gasteiger partial charge in [0.15, 0.2) is 0 Å². The van der Waals surface area contributed by atoms with E-state index in [9.17, 15) is 4.79 Å². The van der Waals surface area contributed by atoms with Crippen LogP contribution < -0.4 is 5.32 Å². The summed E-state index contributed by atoms with van der Waals surface area (Å²) in [4.78, 5) is 13.6. The maximum atomic E-state index is 12.0. The van der Waals surface area contributed by atoms with E-state index < -0.39 is 0 Å². The molecule has 0 aromatic heterocycles. The number of halogens is 1. The van der Waals surface area contributed by atoms with E-state index in [2.05, 4.69) is 5.32 Å². The Bertz CT molecular complexity index is 394. The Morgan fingerprint density at radius 1 is 1.47 bits per heavy atom. The lowest BCUT2D eigenvalue weighted by atomic mass is 10.3. The Kier molecular flexibility index (Phi) is 3.86. The van der Waals surface area contributed by atoms with E-state index in [0.29, 0.717) is 11.6 Å². The van der Waals surface area contributed by atoms with Gasteiger partial charge in [0.2, 0.25) is 0 Å². The van der Waals surface area contributed by atoms with E-state index in [1.54, 1.807) is 29.2 Å². The smallest absolute Gasteiger partial charge is 0.323 e. The summed E-state index contributed by atoms with van der Waals surface area (Å²) in [6.07, 6.45) is 0.703. The number of carbonyl (C=O) groups excluding carboxylic acids is 1. The molecule has 17 heavy (non-hydrogen) atoms. The van der Waals surface area contributed by atoms with E-state index in [1.165, 1.54) is 0 Å². The summed E-state index contributed by atoms with van der Waals surface area (Å²) in [6.45, 7) is 3.31. The van der Waals surface area contributed by atoms with Crippen LogP contribution in [0.5, 0.6) is 0 Å². The maximum Gasteiger partial charge on any atom is 0.323 e. The fraction of sp³-hybridized carbons (Fsp3) is 0.417. The van der Waals surface area contributed by atoms with Crippen molar-refractivity contribution in [3.8, 4) is 0 Å². The third-order valence-electron chi connectivity index (χ3n) is 2.70. The molecule has 1 fully saturated rings. The first-order valence-electron chi connectivity index (χ1n) is 5.61. The van der Waals surface area contributed by atoms with Crippen molar-refractivity contribution in [3.05, 3.63) is 29.3 Å². The molecule has 0 aliphatic carbocycles. The first-order chi connectivity index (χ1) is 8.16. The summed E-state index contributed by atoms with van der Waals surface area (Å²) >= 11 is 5.78. The molecule has 1 atom stereocenters. The summed E-state index contributed by atoms with van der Waals surface area (Å²) in [5.74, 6) is 0. The van der Waals surface area contributed by atoms with Gasteiger partial charge >= 0.3 is 6.03 Å². The van der Waals surface area contributed by atoms with Crippen LogP contribution in [0.4, 0.5) is 10.5 Å². The minimum Gasteiger partial charge on any atom is -0.358 e. The van der Waals surface area contributed by atoms with Gasteiger partial charge in [0, 0.05) is 17.3 Å². The molecule has 1 aliphatic heterocycles. The predicted octanol–water partition coefficient (Wildman–Crippen LogP) is 2.94. The Morgan fingerprint density at radius 2 is 2.18 bits per heavy atom. The largest absolute Gasteiger partial charge is 0.358 e. The molecule has 0 radical (unpaired) electrons. The molecule has 1 N–H and O–H groups in total. The van der Waals surface area contributed by atoms with Gasteiger partial charge in [-0.1, -0.05) is 11.6 Å². The van der Waals surface area contributed by atoms with E-state index in [0.717, 1.165) is 18.7 Å². The molecule has 1 aliphatic rings. The van der Waals surface area contributed by atoms with Crippen LogP contribution in [0.25, 0.3) is 0 Å². The minimum atomic E-state index is -0.170. The fourth-order valence-electron chi connectivity index (χ4n) is 1.76. The highest BCUT2D eigenvalue weighted by Crippen LogP contribution is 2.16. The predicted molar refractivity (Wildman–Crippen MR) is 67.2 cm³/mol. The highest BCUT2D eigenvalue weighted by molar-refractivity contribution is 6.30. The Hall–Kier alpha value is -1.26. The standard InChI is InChI=1S/C12H15ClN2O2/c1-9-15(7-2-8-17-9)12(16)14-11-5-3-10(13)4-6-11/h3-6,9H,2,7-8H2,1H3,(H,14,16). The van der Waals surface area contributed by atoms with Crippen LogP contribution >= 0.6 is 11.6 Å². The SMILES string of the molecule is CC1OCCCN1C(=O)Nc1ccc(Cl)cc1. The van der Waals surface area contributed by atoms with Crippen LogP contribution in [-0.2, 0) is 4.74 Å². The van der Waals surface area contributed by atoms with Gasteiger partial charge in [-0.3, -0.25) is 4.90 Å². The minimum absolute atomic E-state index is 0.139. The second-order valence-electron chi connectivity index (χ2n) is 3.95. The van der Waals surface area contributed by atoms with Crippen LogP contribution in [0.1, 0.15) is 13.3 Å². The van der Waals surface area contributed by atoms with Crippen molar-refractivity contribution in [1.82, 2.24) is 4.90 Å². The van der Waals surface area contributed by atoms with Gasteiger partial charge in [0.1, 0.15) is 6.23 Å². The number of amides is 2. The lowest BCUT2D eigenvalue weighted by molar-refractivity contribution is -0.0572. The molecule has 1 unspecified atom stereocenters. The quantitative estimate of drug-likeness (QED) is 0.837. The third-order valence-corrected chi connectivity index (χ3v) is 2.95. The molecule has 2 amide bonds. The Morgan fingerprint density at radius 3 is 2.82 bits per heavy atom. The number of carbonyl (C=O) groups is 1. The summed E-state index contributed by atoms with van der Waals surface area (Å²) in [6, 6.07) is 6.89. The van der Waals surface area contributed by atoms with Gasteiger partial charge in [-0.05, 0) is 37.6 Å². The van der Waals surface area contributed by atoms with Crippen molar-refractivity contribution < 1.29 is 9.53 Å². The Labute approximate surface area is 106 Å². The van der Waals surface area contributed by atoms with Crippen LogP contribution in [0.15, 0.2) is 24.3 Å². The average Bonchev–Trinajstić information content (AvgIpc) is 2.32. The molecule has 5 heteroatoms. The molecule has 0 spiro atoms. The van der Waals surface area contributed by atoms with E-state index in [4.69, 9.17) is 16.3 Å². The Balaban J connectivity index is 1.98. The molecule has 1 heterocycles. The lowest BCUT2D eigenvalue weighted by Crippen LogP contribution is -2.46. The molecule has 1 saturated heterocycles. The molecule has 4 nitrogen and oxygen atoms in total. The molecule has 92 valence electrons. The van der Waals surface area contributed by atoms with E-state index in [-0.39, 0.29) is 12.3 Å². The van der Waals surface area contributed by atoms with Gasteiger partial charge in [-0.2, -0.15) is 0 Å². The number of nitrogens with zero attached hydrogens (tertiary/aromatic N) is 1. The van der Waals surface area contributed by atoms with E-state index in [1.807, 2.05) is 6.92 Å². The van der Waals surface area contributed by atoms with Crippen LogP contribution in [0.3, 0.4) is 0 Å². The van der Waals surface area contributed by atoms with Crippen molar-refractivity contribution in [3.63, 3.8) is 0 Å². The van der Waals surface area contributed by atoms with Crippen molar-refractivity contribution >= 4 is 23.3 Å². The van der Waals surface area contributed by atoms with Crippen molar-refractivity contribution in [1.29, 1.82) is 0 Å². The van der Waals surface area contributed by atoms with Gasteiger partial charge in [0.25, 0.3) is 0 Å². The zero-order valence-electron chi connectivity index (χ0n) is 9.65. The number of benzene rings is 1. The zero-order chi connectivity index (χ0) is 12.3. The molecule has 0 saturated carbocycles. The lowest BCUT2D eigenvalue weighted by Gasteiger charge is -2.33. The van der Waals surface area contributed by atoms with Crippen LogP contribution in [-0.4, -0.2) is 30.3 Å². The summed E-state index contributed by atoms with van der Waals surface area (Å²) in [7, 11) is 0. The highest BCUT2D eigenvalue weighted by atomic mass is 35.5. The first-order valence-corrected chi connectivity index (χ1v) is 5.99. The number of rotatable bonds is 1. The van der Waals surface area contributed by atoms with Gasteiger partial charge in [0.05, 0.1) is 6.61 Å². The molecule has 1 aromatic rings. The summed E-state index contributed by atoms with van der Waals surface area (Å²) in [5, 5.41) is 3.47. The van der Waals surface area contributed by atoms with Crippen molar-refractivity contribution in [2.24, 2.45) is 0 Å². The number of nitrogens with one attached hydrogen (secondary N) is 1. The topological polar surface area (TPSA) is 41.6 Å². The van der Waals surface area contributed by atoms with E-state index >= 15 is 0 Å². The molecular formula is C12H15ClN2O2. The van der Waals surface area contributed by atoms with Crippen molar-refractivity contribution in [2.45, 2.75) is 19.6 Å². The third kappa shape index (κ3) is 3.11. The second kappa shape index (κ2) is 5.38. The molecular weight excluding hydrogens is 240 g/mol. The highest BCUT2D eigenvalue weighted by Gasteiger charge is 2.23. The normalized spacial score (nSPS) is 20.1. The zero-order valence-corrected chi connectivity index (χ0v) is 10.4. The summed E-state index contributed by atoms with van der Waals surface area (Å²) in [5.41, 5.74) is 0.733. The van der Waals surface area contributed by atoms with Crippen LogP contribution in [0, 0.1) is 0 Å².